The minimum absolute atomic E-state index is 0.224. The van der Waals surface area contributed by atoms with E-state index in [4.69, 9.17) is 0 Å². The summed E-state index contributed by atoms with van der Waals surface area (Å²) in [5.74, 6) is 1.57. The molecule has 108 valence electrons. The highest BCUT2D eigenvalue weighted by atomic mass is 16.3. The van der Waals surface area contributed by atoms with Crippen molar-refractivity contribution in [1.29, 1.82) is 0 Å². The van der Waals surface area contributed by atoms with E-state index >= 15 is 0 Å². The Morgan fingerprint density at radius 1 is 1.17 bits per heavy atom. The Morgan fingerprint density at radius 3 is 2.28 bits per heavy atom. The van der Waals surface area contributed by atoms with E-state index in [-0.39, 0.29) is 12.0 Å². The third kappa shape index (κ3) is 4.55. The number of hydrogen-bond donors (Lipinski definition) is 2. The van der Waals surface area contributed by atoms with Gasteiger partial charge in [-0.2, -0.15) is 0 Å². The SMILES string of the molecule is CC(C)C1CCCCC1NC(CCO)C(C)(C)C. The third-order valence-electron chi connectivity index (χ3n) is 4.55. The van der Waals surface area contributed by atoms with Crippen LogP contribution in [0.5, 0.6) is 0 Å². The van der Waals surface area contributed by atoms with Gasteiger partial charge in [0.2, 0.25) is 0 Å². The van der Waals surface area contributed by atoms with Crippen molar-refractivity contribution in [1.82, 2.24) is 5.32 Å². The molecule has 1 saturated carbocycles. The quantitative estimate of drug-likeness (QED) is 0.787. The van der Waals surface area contributed by atoms with Gasteiger partial charge in [-0.25, -0.2) is 0 Å². The molecule has 3 unspecified atom stereocenters. The van der Waals surface area contributed by atoms with Crippen LogP contribution < -0.4 is 5.32 Å². The van der Waals surface area contributed by atoms with Crippen molar-refractivity contribution in [2.24, 2.45) is 17.3 Å². The van der Waals surface area contributed by atoms with Gasteiger partial charge in [-0.15, -0.1) is 0 Å². The van der Waals surface area contributed by atoms with Crippen LogP contribution in [0, 0.1) is 17.3 Å². The molecular weight excluding hydrogens is 222 g/mol. The summed E-state index contributed by atoms with van der Waals surface area (Å²) in [6, 6.07) is 1.07. The standard InChI is InChI=1S/C16H33NO/c1-12(2)13-8-6-7-9-14(13)17-15(10-11-18)16(3,4)5/h12-15,17-18H,6-11H2,1-5H3. The van der Waals surface area contributed by atoms with E-state index in [2.05, 4.69) is 39.9 Å². The van der Waals surface area contributed by atoms with Gasteiger partial charge >= 0.3 is 0 Å². The molecule has 1 aliphatic rings. The van der Waals surface area contributed by atoms with Crippen LogP contribution in [-0.2, 0) is 0 Å². The number of nitrogens with one attached hydrogen (secondary N) is 1. The van der Waals surface area contributed by atoms with E-state index in [1.165, 1.54) is 25.7 Å². The Hall–Kier alpha value is -0.0800. The molecule has 1 aliphatic carbocycles. The number of aliphatic hydroxyl groups excluding tert-OH is 1. The molecule has 0 aromatic heterocycles. The Kier molecular flexibility index (Phi) is 6.13. The molecule has 0 bridgehead atoms. The Balaban J connectivity index is 2.65. The predicted molar refractivity (Wildman–Crippen MR) is 78.7 cm³/mol. The second-order valence-electron chi connectivity index (χ2n) is 7.40. The second-order valence-corrected chi connectivity index (χ2v) is 7.40. The molecule has 0 heterocycles. The molecule has 2 N–H and O–H groups in total. The molecule has 0 radical (unpaired) electrons. The number of rotatable bonds is 5. The fourth-order valence-electron chi connectivity index (χ4n) is 3.32. The van der Waals surface area contributed by atoms with Crippen molar-refractivity contribution in [3.05, 3.63) is 0 Å². The first-order chi connectivity index (χ1) is 8.36. The van der Waals surface area contributed by atoms with E-state index in [1.54, 1.807) is 0 Å². The van der Waals surface area contributed by atoms with Crippen molar-refractivity contribution >= 4 is 0 Å². The third-order valence-corrected chi connectivity index (χ3v) is 4.55. The van der Waals surface area contributed by atoms with Gasteiger partial charge < -0.3 is 10.4 Å². The van der Waals surface area contributed by atoms with Crippen LogP contribution in [0.15, 0.2) is 0 Å². The van der Waals surface area contributed by atoms with E-state index in [0.29, 0.717) is 12.1 Å². The minimum Gasteiger partial charge on any atom is -0.396 e. The van der Waals surface area contributed by atoms with Crippen LogP contribution in [0.1, 0.15) is 66.7 Å². The van der Waals surface area contributed by atoms with E-state index < -0.39 is 0 Å². The van der Waals surface area contributed by atoms with Gasteiger partial charge in [-0.3, -0.25) is 0 Å². The summed E-state index contributed by atoms with van der Waals surface area (Å²) in [6.45, 7) is 11.8. The van der Waals surface area contributed by atoms with Gasteiger partial charge in [0.1, 0.15) is 0 Å². The molecule has 0 spiro atoms. The molecular formula is C16H33NO. The average Bonchev–Trinajstić information content (AvgIpc) is 2.27. The minimum atomic E-state index is 0.224. The Bertz CT molecular complexity index is 232. The van der Waals surface area contributed by atoms with Crippen LogP contribution in [0.3, 0.4) is 0 Å². The smallest absolute Gasteiger partial charge is 0.0446 e. The molecule has 2 nitrogen and oxygen atoms in total. The zero-order valence-corrected chi connectivity index (χ0v) is 13.0. The molecule has 0 aromatic carbocycles. The lowest BCUT2D eigenvalue weighted by Gasteiger charge is -2.41. The summed E-state index contributed by atoms with van der Waals surface area (Å²) in [4.78, 5) is 0. The van der Waals surface area contributed by atoms with Gasteiger partial charge in [-0.05, 0) is 36.5 Å². The average molecular weight is 255 g/mol. The van der Waals surface area contributed by atoms with Crippen molar-refractivity contribution in [2.45, 2.75) is 78.8 Å². The lowest BCUT2D eigenvalue weighted by Crippen LogP contribution is -2.51. The van der Waals surface area contributed by atoms with Crippen LogP contribution in [0.4, 0.5) is 0 Å². The summed E-state index contributed by atoms with van der Waals surface area (Å²) in [7, 11) is 0. The molecule has 1 fully saturated rings. The first-order valence-electron chi connectivity index (χ1n) is 7.73. The van der Waals surface area contributed by atoms with Crippen LogP contribution >= 0.6 is 0 Å². The molecule has 2 heteroatoms. The van der Waals surface area contributed by atoms with E-state index in [9.17, 15) is 5.11 Å². The van der Waals surface area contributed by atoms with Gasteiger partial charge in [-0.1, -0.05) is 47.5 Å². The topological polar surface area (TPSA) is 32.3 Å². The van der Waals surface area contributed by atoms with E-state index in [0.717, 1.165) is 18.3 Å². The summed E-state index contributed by atoms with van der Waals surface area (Å²) < 4.78 is 0. The predicted octanol–water partition coefficient (Wildman–Crippen LogP) is 3.59. The lowest BCUT2D eigenvalue weighted by molar-refractivity contribution is 0.135. The maximum Gasteiger partial charge on any atom is 0.0446 e. The zero-order valence-electron chi connectivity index (χ0n) is 13.0. The highest BCUT2D eigenvalue weighted by Gasteiger charge is 2.32. The first kappa shape index (κ1) is 16.0. The first-order valence-corrected chi connectivity index (χ1v) is 7.73. The van der Waals surface area contributed by atoms with Crippen molar-refractivity contribution in [3.63, 3.8) is 0 Å². The number of hydrogen-bond acceptors (Lipinski definition) is 2. The summed E-state index contributed by atoms with van der Waals surface area (Å²) >= 11 is 0. The lowest BCUT2D eigenvalue weighted by atomic mass is 9.76. The summed E-state index contributed by atoms with van der Waals surface area (Å²) in [5.41, 5.74) is 0.224. The van der Waals surface area contributed by atoms with Crippen LogP contribution in [0.2, 0.25) is 0 Å². The molecule has 0 aromatic rings. The van der Waals surface area contributed by atoms with Gasteiger partial charge in [0.15, 0.2) is 0 Å². The monoisotopic (exact) mass is 255 g/mol. The Labute approximate surface area is 114 Å². The molecule has 0 aliphatic heterocycles. The fraction of sp³-hybridized carbons (Fsp3) is 1.00. The molecule has 0 saturated heterocycles. The molecule has 18 heavy (non-hydrogen) atoms. The Morgan fingerprint density at radius 2 is 1.78 bits per heavy atom. The van der Waals surface area contributed by atoms with Gasteiger partial charge in [0, 0.05) is 18.7 Å². The van der Waals surface area contributed by atoms with Crippen molar-refractivity contribution in [2.75, 3.05) is 6.61 Å². The van der Waals surface area contributed by atoms with Crippen LogP contribution in [-0.4, -0.2) is 23.8 Å². The van der Waals surface area contributed by atoms with E-state index in [1.807, 2.05) is 0 Å². The molecule has 1 rings (SSSR count). The van der Waals surface area contributed by atoms with Crippen molar-refractivity contribution < 1.29 is 5.11 Å². The number of aliphatic hydroxyl groups is 1. The summed E-state index contributed by atoms with van der Waals surface area (Å²) in [5, 5.41) is 13.1. The van der Waals surface area contributed by atoms with Crippen LogP contribution in [0.25, 0.3) is 0 Å². The summed E-state index contributed by atoms with van der Waals surface area (Å²) in [6.07, 6.45) is 6.29. The van der Waals surface area contributed by atoms with Gasteiger partial charge in [0.25, 0.3) is 0 Å². The maximum atomic E-state index is 9.26. The molecule has 3 atom stereocenters. The molecule has 0 amide bonds. The van der Waals surface area contributed by atoms with Crippen molar-refractivity contribution in [3.8, 4) is 0 Å². The zero-order chi connectivity index (χ0) is 13.8. The normalized spacial score (nSPS) is 27.5. The fourth-order valence-corrected chi connectivity index (χ4v) is 3.32. The second kappa shape index (κ2) is 6.91. The van der Waals surface area contributed by atoms with Gasteiger partial charge in [0.05, 0.1) is 0 Å². The largest absolute Gasteiger partial charge is 0.396 e. The highest BCUT2D eigenvalue weighted by molar-refractivity contribution is 4.89. The maximum absolute atomic E-state index is 9.26. The highest BCUT2D eigenvalue weighted by Crippen LogP contribution is 2.32.